The maximum Gasteiger partial charge on any atom is 0.280 e. The van der Waals surface area contributed by atoms with Crippen LogP contribution in [-0.4, -0.2) is 71.4 Å². The number of sulfone groups is 1. The molecule has 1 aromatic carbocycles. The maximum atomic E-state index is 13.0. The van der Waals surface area contributed by atoms with Crippen LogP contribution in [0.3, 0.4) is 0 Å². The van der Waals surface area contributed by atoms with E-state index >= 15 is 0 Å². The van der Waals surface area contributed by atoms with Crippen LogP contribution < -0.4 is 5.32 Å². The van der Waals surface area contributed by atoms with Gasteiger partial charge in [0.1, 0.15) is 6.10 Å². The van der Waals surface area contributed by atoms with E-state index in [0.717, 1.165) is 4.88 Å². The van der Waals surface area contributed by atoms with E-state index in [-0.39, 0.29) is 23.0 Å². The van der Waals surface area contributed by atoms with Crippen molar-refractivity contribution >= 4 is 37.9 Å². The summed E-state index contributed by atoms with van der Waals surface area (Å²) in [6.45, 7) is 2.76. The van der Waals surface area contributed by atoms with Gasteiger partial charge in [-0.15, -0.1) is 0 Å². The van der Waals surface area contributed by atoms with E-state index in [0.29, 0.717) is 30.3 Å². The third-order valence-corrected chi connectivity index (χ3v) is 6.95. The highest BCUT2D eigenvalue weighted by atomic mass is 32.2. The monoisotopic (exact) mass is 499 g/mol. The Labute approximate surface area is 197 Å². The zero-order chi connectivity index (χ0) is 24.3. The van der Waals surface area contributed by atoms with Crippen LogP contribution in [0.1, 0.15) is 23.8 Å². The molecule has 2 aromatic rings. The average Bonchev–Trinajstić information content (AvgIpc) is 3.21. The second-order valence-electron chi connectivity index (χ2n) is 7.02. The summed E-state index contributed by atoms with van der Waals surface area (Å²) >= 11 is 1.27. The first-order valence-electron chi connectivity index (χ1n) is 10.1. The number of carbonyl (C=O) groups is 1. The van der Waals surface area contributed by atoms with Crippen molar-refractivity contribution in [1.29, 1.82) is 0 Å². The fourth-order valence-corrected chi connectivity index (χ4v) is 4.76. The van der Waals surface area contributed by atoms with Gasteiger partial charge in [-0.25, -0.2) is 13.4 Å². The first-order chi connectivity index (χ1) is 15.8. The SMILES string of the molecule is COCCCS(=O)(=O)c1ccc(C(=NO[C@H](C)COC)C(=O)Nc2ncc(COC)s2)cc1. The second kappa shape index (κ2) is 13.4. The highest BCUT2D eigenvalue weighted by Crippen LogP contribution is 2.20. The number of ether oxygens (including phenoxy) is 3. The molecule has 0 radical (unpaired) electrons. The molecule has 1 amide bonds. The molecule has 1 heterocycles. The molecule has 1 N–H and O–H groups in total. The van der Waals surface area contributed by atoms with E-state index in [1.54, 1.807) is 20.2 Å². The van der Waals surface area contributed by atoms with Gasteiger partial charge in [0.05, 0.1) is 28.7 Å². The molecular weight excluding hydrogens is 470 g/mol. The van der Waals surface area contributed by atoms with Crippen molar-refractivity contribution in [2.24, 2.45) is 5.16 Å². The van der Waals surface area contributed by atoms with Gasteiger partial charge in [-0.3, -0.25) is 10.1 Å². The van der Waals surface area contributed by atoms with Gasteiger partial charge in [0.2, 0.25) is 0 Å². The maximum absolute atomic E-state index is 13.0. The topological polar surface area (TPSA) is 125 Å². The highest BCUT2D eigenvalue weighted by Gasteiger charge is 2.20. The lowest BCUT2D eigenvalue weighted by Gasteiger charge is -2.11. The fraction of sp³-hybridized carbons (Fsp3) is 0.476. The van der Waals surface area contributed by atoms with E-state index < -0.39 is 21.8 Å². The summed E-state index contributed by atoms with van der Waals surface area (Å²) in [5, 5.41) is 7.08. The third-order valence-electron chi connectivity index (χ3n) is 4.25. The Morgan fingerprint density at radius 3 is 2.52 bits per heavy atom. The molecule has 182 valence electrons. The number of nitrogens with zero attached hydrogens (tertiary/aromatic N) is 2. The van der Waals surface area contributed by atoms with Gasteiger partial charge in [-0.1, -0.05) is 28.6 Å². The number of aromatic nitrogens is 1. The minimum atomic E-state index is -3.47. The Balaban J connectivity index is 2.25. The summed E-state index contributed by atoms with van der Waals surface area (Å²) in [4.78, 5) is 23.5. The Morgan fingerprint density at radius 2 is 1.88 bits per heavy atom. The molecule has 2 rings (SSSR count). The number of oxime groups is 1. The number of anilines is 1. The molecule has 0 saturated carbocycles. The average molecular weight is 500 g/mol. The van der Waals surface area contributed by atoms with Crippen LogP contribution in [0.15, 0.2) is 40.5 Å². The van der Waals surface area contributed by atoms with Crippen molar-refractivity contribution in [2.45, 2.75) is 31.0 Å². The lowest BCUT2D eigenvalue weighted by atomic mass is 10.1. The van der Waals surface area contributed by atoms with Crippen molar-refractivity contribution < 1.29 is 32.3 Å². The number of nitrogens with one attached hydrogen (secondary N) is 1. The third kappa shape index (κ3) is 8.48. The molecule has 0 bridgehead atoms. The van der Waals surface area contributed by atoms with Crippen LogP contribution in [0.25, 0.3) is 0 Å². The van der Waals surface area contributed by atoms with E-state index in [1.165, 1.54) is 49.8 Å². The zero-order valence-corrected chi connectivity index (χ0v) is 20.7. The molecule has 0 saturated heterocycles. The minimum absolute atomic E-state index is 0.0234. The van der Waals surface area contributed by atoms with Crippen LogP contribution in [0.5, 0.6) is 0 Å². The Bertz CT molecular complexity index is 1020. The summed E-state index contributed by atoms with van der Waals surface area (Å²) in [5.74, 6) is -0.582. The van der Waals surface area contributed by atoms with E-state index in [2.05, 4.69) is 15.5 Å². The Hall–Kier alpha value is -2.38. The normalized spacial score (nSPS) is 13.0. The quantitative estimate of drug-likeness (QED) is 0.239. The van der Waals surface area contributed by atoms with Gasteiger partial charge in [-0.2, -0.15) is 0 Å². The van der Waals surface area contributed by atoms with Crippen LogP contribution in [0, 0.1) is 0 Å². The minimum Gasteiger partial charge on any atom is -0.390 e. The number of benzene rings is 1. The van der Waals surface area contributed by atoms with Gasteiger partial charge < -0.3 is 19.0 Å². The van der Waals surface area contributed by atoms with Crippen LogP contribution in [0.4, 0.5) is 5.13 Å². The lowest BCUT2D eigenvalue weighted by molar-refractivity contribution is -0.110. The number of rotatable bonds is 14. The standard InChI is InChI=1S/C21H29N3O7S2/c1-15(13-29-3)31-24-19(20(25)23-21-22-12-17(32-21)14-30-4)16-6-8-18(9-7-16)33(26,27)11-5-10-28-2/h6-9,12,15H,5,10-11,13-14H2,1-4H3,(H,22,23,25)/t15-/m1/s1. The molecule has 10 nitrogen and oxygen atoms in total. The number of thiazole rings is 1. The van der Waals surface area contributed by atoms with Gasteiger partial charge in [0.15, 0.2) is 20.7 Å². The first kappa shape index (κ1) is 26.9. The summed E-state index contributed by atoms with van der Waals surface area (Å²) in [5.41, 5.74) is 0.367. The summed E-state index contributed by atoms with van der Waals surface area (Å²) in [6.07, 6.45) is 1.60. The fourth-order valence-electron chi connectivity index (χ4n) is 2.69. The van der Waals surface area contributed by atoms with Crippen molar-refractivity contribution in [2.75, 3.05) is 45.6 Å². The molecule has 1 aromatic heterocycles. The second-order valence-corrected chi connectivity index (χ2v) is 10.2. The van der Waals surface area contributed by atoms with Gasteiger partial charge >= 0.3 is 0 Å². The highest BCUT2D eigenvalue weighted by molar-refractivity contribution is 7.91. The van der Waals surface area contributed by atoms with Crippen LogP contribution in [-0.2, 0) is 40.3 Å². The largest absolute Gasteiger partial charge is 0.390 e. The van der Waals surface area contributed by atoms with Crippen molar-refractivity contribution in [3.05, 3.63) is 40.9 Å². The predicted molar refractivity (Wildman–Crippen MR) is 125 cm³/mol. The summed E-state index contributed by atoms with van der Waals surface area (Å²) in [7, 11) is 1.16. The number of amides is 1. The van der Waals surface area contributed by atoms with Crippen LogP contribution in [0.2, 0.25) is 0 Å². The molecule has 0 aliphatic carbocycles. The van der Waals surface area contributed by atoms with Crippen molar-refractivity contribution in [1.82, 2.24) is 4.98 Å². The molecule has 0 aliphatic rings. The van der Waals surface area contributed by atoms with Gasteiger partial charge in [-0.05, 0) is 25.5 Å². The van der Waals surface area contributed by atoms with Gasteiger partial charge in [0, 0.05) is 39.7 Å². The number of methoxy groups -OCH3 is 3. The molecular formula is C21H29N3O7S2. The molecule has 1 atom stereocenters. The van der Waals surface area contributed by atoms with E-state index in [1.807, 2.05) is 0 Å². The number of hydrogen-bond acceptors (Lipinski definition) is 10. The molecule has 0 unspecified atom stereocenters. The van der Waals surface area contributed by atoms with Crippen LogP contribution >= 0.6 is 11.3 Å². The predicted octanol–water partition coefficient (Wildman–Crippen LogP) is 2.49. The van der Waals surface area contributed by atoms with E-state index in [9.17, 15) is 13.2 Å². The van der Waals surface area contributed by atoms with Crippen molar-refractivity contribution in [3.63, 3.8) is 0 Å². The summed E-state index contributed by atoms with van der Waals surface area (Å²) in [6, 6.07) is 5.92. The summed E-state index contributed by atoms with van der Waals surface area (Å²) < 4.78 is 40.0. The lowest BCUT2D eigenvalue weighted by Crippen LogP contribution is -2.25. The van der Waals surface area contributed by atoms with Gasteiger partial charge in [0.25, 0.3) is 5.91 Å². The van der Waals surface area contributed by atoms with E-state index in [4.69, 9.17) is 19.0 Å². The first-order valence-corrected chi connectivity index (χ1v) is 12.6. The Morgan fingerprint density at radius 1 is 1.15 bits per heavy atom. The van der Waals surface area contributed by atoms with Crippen molar-refractivity contribution in [3.8, 4) is 0 Å². The Kier molecular flexibility index (Phi) is 10.9. The molecule has 0 aliphatic heterocycles. The molecule has 33 heavy (non-hydrogen) atoms. The number of hydrogen-bond donors (Lipinski definition) is 1. The molecule has 12 heteroatoms. The smallest absolute Gasteiger partial charge is 0.280 e. The number of carbonyl (C=O) groups excluding carboxylic acids is 1. The molecule has 0 fully saturated rings. The zero-order valence-electron chi connectivity index (χ0n) is 19.1. The molecule has 0 spiro atoms.